The Kier molecular flexibility index (Phi) is 8.23. The van der Waals surface area contributed by atoms with Crippen molar-refractivity contribution < 1.29 is 14.4 Å². The van der Waals surface area contributed by atoms with Crippen LogP contribution in [0.3, 0.4) is 0 Å². The molecule has 31 heavy (non-hydrogen) atoms. The summed E-state index contributed by atoms with van der Waals surface area (Å²) in [5.41, 5.74) is 11.2. The molecule has 9 heteroatoms. The Morgan fingerprint density at radius 1 is 1.35 bits per heavy atom. The van der Waals surface area contributed by atoms with Crippen molar-refractivity contribution in [3.05, 3.63) is 5.57 Å². The number of fused-ring (bicyclic) bond motifs is 1. The molecule has 0 aromatic carbocycles. The average molecular weight is 433 g/mol. The van der Waals surface area contributed by atoms with E-state index in [0.29, 0.717) is 43.8 Å². The number of hydrogen-bond acceptors (Lipinski definition) is 6. The van der Waals surface area contributed by atoms with Gasteiger partial charge in [-0.25, -0.2) is 4.79 Å². The van der Waals surface area contributed by atoms with Crippen molar-refractivity contribution in [2.24, 2.45) is 22.4 Å². The predicted molar refractivity (Wildman–Crippen MR) is 119 cm³/mol. The highest BCUT2D eigenvalue weighted by atomic mass is 16.2. The van der Waals surface area contributed by atoms with Crippen LogP contribution in [0.4, 0.5) is 0 Å². The number of aliphatic imine (C=N–C) groups is 1. The normalized spacial score (nSPS) is 29.9. The van der Waals surface area contributed by atoms with E-state index in [4.69, 9.17) is 11.5 Å². The SMILES string of the molecule is NC(N)=NCCC[C@@H](C=O)NC(=O)[C@@H]1CC(=C=O)CN1[C@]12CCCC[C@H]1CCCNC2. The molecule has 2 saturated heterocycles. The van der Waals surface area contributed by atoms with Crippen LogP contribution < -0.4 is 22.1 Å². The highest BCUT2D eigenvalue weighted by Gasteiger charge is 2.52. The summed E-state index contributed by atoms with van der Waals surface area (Å²) < 4.78 is 0. The van der Waals surface area contributed by atoms with Crippen LogP contribution in [0, 0.1) is 5.92 Å². The van der Waals surface area contributed by atoms with Gasteiger partial charge >= 0.3 is 0 Å². The summed E-state index contributed by atoms with van der Waals surface area (Å²) in [6, 6.07) is -1.04. The summed E-state index contributed by atoms with van der Waals surface area (Å²) in [6.07, 6.45) is 9.00. The van der Waals surface area contributed by atoms with Gasteiger partial charge in [-0.15, -0.1) is 0 Å². The summed E-state index contributed by atoms with van der Waals surface area (Å²) in [5, 5.41) is 6.48. The van der Waals surface area contributed by atoms with Crippen LogP contribution in [0.1, 0.15) is 57.8 Å². The first-order chi connectivity index (χ1) is 15.0. The Morgan fingerprint density at radius 2 is 2.16 bits per heavy atom. The van der Waals surface area contributed by atoms with Gasteiger partial charge in [0.1, 0.15) is 12.2 Å². The van der Waals surface area contributed by atoms with Gasteiger partial charge in [-0.3, -0.25) is 14.7 Å². The van der Waals surface area contributed by atoms with Gasteiger partial charge in [-0.05, 0) is 51.0 Å². The Balaban J connectivity index is 1.74. The zero-order valence-corrected chi connectivity index (χ0v) is 18.3. The zero-order chi connectivity index (χ0) is 22.3. The van der Waals surface area contributed by atoms with E-state index in [9.17, 15) is 14.4 Å². The van der Waals surface area contributed by atoms with Gasteiger partial charge in [0.25, 0.3) is 0 Å². The van der Waals surface area contributed by atoms with E-state index in [1.807, 2.05) is 0 Å². The third-order valence-electron chi connectivity index (χ3n) is 7.17. The number of aldehydes is 1. The molecule has 3 aliphatic rings. The molecular formula is C22H36N6O3. The number of nitrogens with one attached hydrogen (secondary N) is 2. The fourth-order valence-electron chi connectivity index (χ4n) is 5.67. The van der Waals surface area contributed by atoms with E-state index in [0.717, 1.165) is 51.5 Å². The molecule has 0 bridgehead atoms. The largest absolute Gasteiger partial charge is 0.370 e. The molecule has 4 atom stereocenters. The first-order valence-electron chi connectivity index (χ1n) is 11.5. The topological polar surface area (TPSA) is 143 Å². The molecule has 0 radical (unpaired) electrons. The maximum Gasteiger partial charge on any atom is 0.238 e. The molecule has 1 saturated carbocycles. The van der Waals surface area contributed by atoms with Crippen molar-refractivity contribution in [1.82, 2.24) is 15.5 Å². The van der Waals surface area contributed by atoms with Gasteiger partial charge in [0.15, 0.2) is 5.96 Å². The lowest BCUT2D eigenvalue weighted by Gasteiger charge is -2.51. The van der Waals surface area contributed by atoms with Crippen LogP contribution in [0.5, 0.6) is 0 Å². The number of likely N-dealkylation sites (tertiary alicyclic amines) is 1. The van der Waals surface area contributed by atoms with Crippen molar-refractivity contribution in [2.75, 3.05) is 26.2 Å². The number of nitrogens with zero attached hydrogens (tertiary/aromatic N) is 2. The smallest absolute Gasteiger partial charge is 0.238 e. The first kappa shape index (κ1) is 23.4. The lowest BCUT2D eigenvalue weighted by Crippen LogP contribution is -2.63. The molecule has 0 aromatic heterocycles. The van der Waals surface area contributed by atoms with E-state index in [2.05, 4.69) is 26.5 Å². The van der Waals surface area contributed by atoms with Crippen LogP contribution in [-0.2, 0) is 14.4 Å². The van der Waals surface area contributed by atoms with Crippen molar-refractivity contribution in [2.45, 2.75) is 75.4 Å². The number of amides is 1. The number of nitrogens with two attached hydrogens (primary N) is 2. The number of carbonyl (C=O) groups is 2. The van der Waals surface area contributed by atoms with Crippen molar-refractivity contribution in [3.8, 4) is 0 Å². The van der Waals surface area contributed by atoms with E-state index in [1.165, 1.54) is 6.42 Å². The molecule has 9 nitrogen and oxygen atoms in total. The minimum absolute atomic E-state index is 0.0137. The maximum atomic E-state index is 13.3. The molecule has 1 amide bonds. The molecule has 6 N–H and O–H groups in total. The van der Waals surface area contributed by atoms with E-state index in [-0.39, 0.29) is 17.4 Å². The van der Waals surface area contributed by atoms with Crippen LogP contribution >= 0.6 is 0 Å². The summed E-state index contributed by atoms with van der Waals surface area (Å²) in [6.45, 7) is 2.72. The van der Waals surface area contributed by atoms with Gasteiger partial charge < -0.3 is 26.9 Å². The summed E-state index contributed by atoms with van der Waals surface area (Å²) in [7, 11) is 0. The predicted octanol–water partition coefficient (Wildman–Crippen LogP) is -0.132. The number of carbonyl (C=O) groups excluding carboxylic acids is 3. The second kappa shape index (κ2) is 10.9. The van der Waals surface area contributed by atoms with Crippen LogP contribution in [0.15, 0.2) is 10.6 Å². The minimum Gasteiger partial charge on any atom is -0.370 e. The third kappa shape index (κ3) is 5.53. The molecule has 2 heterocycles. The second-order valence-corrected chi connectivity index (χ2v) is 9.12. The zero-order valence-electron chi connectivity index (χ0n) is 18.3. The van der Waals surface area contributed by atoms with Crippen molar-refractivity contribution in [1.29, 1.82) is 0 Å². The second-order valence-electron chi connectivity index (χ2n) is 9.12. The standard InChI is InChI=1S/C22H36N6O3/c23-21(24)26-10-4-7-18(14-30)27-20(31)19-11-16(13-29)12-28(19)22-8-2-1-5-17(22)6-3-9-25-15-22/h14,17-19,25H,1-12,15H2,(H,27,31)(H4,23,24,26)/t17-,18-,19-,22-/m0/s1. The van der Waals surface area contributed by atoms with E-state index < -0.39 is 12.1 Å². The monoisotopic (exact) mass is 432 g/mol. The number of rotatable bonds is 8. The van der Waals surface area contributed by atoms with E-state index in [1.54, 1.807) is 0 Å². The van der Waals surface area contributed by atoms with Gasteiger partial charge in [-0.2, -0.15) is 0 Å². The van der Waals surface area contributed by atoms with Gasteiger partial charge in [0.05, 0.1) is 12.1 Å². The average Bonchev–Trinajstić information content (AvgIpc) is 3.10. The molecule has 172 valence electrons. The van der Waals surface area contributed by atoms with Gasteiger partial charge in [0.2, 0.25) is 5.91 Å². The molecule has 0 aromatic rings. The summed E-state index contributed by atoms with van der Waals surface area (Å²) >= 11 is 0. The quantitative estimate of drug-likeness (QED) is 0.137. The number of hydrogen-bond donors (Lipinski definition) is 4. The van der Waals surface area contributed by atoms with Crippen LogP contribution in [0.2, 0.25) is 0 Å². The lowest BCUT2D eigenvalue weighted by atomic mass is 9.70. The first-order valence-corrected chi connectivity index (χ1v) is 11.5. The highest BCUT2D eigenvalue weighted by Crippen LogP contribution is 2.45. The van der Waals surface area contributed by atoms with Gasteiger partial charge in [-0.1, -0.05) is 12.8 Å². The maximum absolute atomic E-state index is 13.3. The van der Waals surface area contributed by atoms with Crippen LogP contribution in [0.25, 0.3) is 0 Å². The summed E-state index contributed by atoms with van der Waals surface area (Å²) in [4.78, 5) is 42.5. The minimum atomic E-state index is -0.597. The molecule has 3 rings (SSSR count). The Bertz CT molecular complexity index is 731. The molecule has 3 fully saturated rings. The van der Waals surface area contributed by atoms with Gasteiger partial charge in [0, 0.05) is 37.2 Å². The lowest BCUT2D eigenvalue weighted by molar-refractivity contribution is -0.131. The molecule has 0 unspecified atom stereocenters. The Labute approximate surface area is 184 Å². The Hall–Kier alpha value is -2.22. The molecule has 0 spiro atoms. The van der Waals surface area contributed by atoms with E-state index >= 15 is 0 Å². The fraction of sp³-hybridized carbons (Fsp3) is 0.773. The Morgan fingerprint density at radius 3 is 2.90 bits per heavy atom. The third-order valence-corrected chi connectivity index (χ3v) is 7.17. The van der Waals surface area contributed by atoms with Crippen molar-refractivity contribution in [3.63, 3.8) is 0 Å². The number of guanidine groups is 1. The molecule has 2 aliphatic heterocycles. The summed E-state index contributed by atoms with van der Waals surface area (Å²) in [5.74, 6) is 2.40. The van der Waals surface area contributed by atoms with Crippen LogP contribution in [-0.4, -0.2) is 72.8 Å². The highest BCUT2D eigenvalue weighted by molar-refractivity contribution is 5.86. The molecular weight excluding hydrogens is 396 g/mol. The fourth-order valence-corrected chi connectivity index (χ4v) is 5.67. The van der Waals surface area contributed by atoms with Crippen molar-refractivity contribution >= 4 is 24.1 Å². The molecule has 1 aliphatic carbocycles.